The highest BCUT2D eigenvalue weighted by molar-refractivity contribution is 5.83. The zero-order chi connectivity index (χ0) is 17.8. The smallest absolute Gasteiger partial charge is 0.242 e. The van der Waals surface area contributed by atoms with Crippen molar-refractivity contribution in [2.75, 3.05) is 13.1 Å². The van der Waals surface area contributed by atoms with Gasteiger partial charge in [-0.25, -0.2) is 0 Å². The van der Waals surface area contributed by atoms with Gasteiger partial charge < -0.3 is 5.32 Å². The second kappa shape index (κ2) is 8.05. The molecule has 0 spiro atoms. The highest BCUT2D eigenvalue weighted by Gasteiger charge is 2.33. The van der Waals surface area contributed by atoms with Crippen LogP contribution < -0.4 is 5.32 Å². The predicted molar refractivity (Wildman–Crippen MR) is 105 cm³/mol. The Bertz CT molecular complexity index is 704. The van der Waals surface area contributed by atoms with Gasteiger partial charge in [-0.3, -0.25) is 9.69 Å². The number of hydrogen-bond acceptors (Lipinski definition) is 2. The standard InChI is InChI=1S/C23H28N2O/c26-23(24-21-11-12-21)22(20-9-5-2-6-10-20)25-15-13-19(14-16-25)17-18-7-3-1-4-8-18/h1-10,19,21-22H,11-17H2,(H,24,26)/t22-/m0/s1. The fourth-order valence-corrected chi connectivity index (χ4v) is 4.03. The lowest BCUT2D eigenvalue weighted by molar-refractivity contribution is -0.127. The number of hydrogen-bond donors (Lipinski definition) is 1. The highest BCUT2D eigenvalue weighted by Crippen LogP contribution is 2.30. The molecule has 3 nitrogen and oxygen atoms in total. The van der Waals surface area contributed by atoms with Crippen molar-refractivity contribution in [3.63, 3.8) is 0 Å². The van der Waals surface area contributed by atoms with Crippen molar-refractivity contribution in [1.29, 1.82) is 0 Å². The minimum Gasteiger partial charge on any atom is -0.352 e. The summed E-state index contributed by atoms with van der Waals surface area (Å²) in [6.07, 6.45) is 5.74. The van der Waals surface area contributed by atoms with E-state index in [2.05, 4.69) is 52.7 Å². The molecule has 1 saturated carbocycles. The van der Waals surface area contributed by atoms with Crippen molar-refractivity contribution >= 4 is 5.91 Å². The molecule has 1 heterocycles. The van der Waals surface area contributed by atoms with Crippen LogP contribution >= 0.6 is 0 Å². The van der Waals surface area contributed by atoms with Gasteiger partial charge in [0, 0.05) is 6.04 Å². The van der Waals surface area contributed by atoms with Crippen molar-refractivity contribution in [3.8, 4) is 0 Å². The summed E-state index contributed by atoms with van der Waals surface area (Å²) in [5.74, 6) is 0.900. The summed E-state index contributed by atoms with van der Waals surface area (Å²) in [5, 5.41) is 3.22. The summed E-state index contributed by atoms with van der Waals surface area (Å²) in [6.45, 7) is 1.99. The highest BCUT2D eigenvalue weighted by atomic mass is 16.2. The van der Waals surface area contributed by atoms with Gasteiger partial charge in [-0.05, 0) is 62.2 Å². The maximum Gasteiger partial charge on any atom is 0.242 e. The van der Waals surface area contributed by atoms with Gasteiger partial charge in [0.1, 0.15) is 6.04 Å². The van der Waals surface area contributed by atoms with E-state index in [9.17, 15) is 4.79 Å². The third kappa shape index (κ3) is 4.34. The molecular weight excluding hydrogens is 320 g/mol. The number of rotatable bonds is 6. The van der Waals surface area contributed by atoms with E-state index in [0.717, 1.165) is 56.7 Å². The number of nitrogens with one attached hydrogen (secondary N) is 1. The molecule has 3 heteroatoms. The van der Waals surface area contributed by atoms with Crippen LogP contribution in [0.25, 0.3) is 0 Å². The Balaban J connectivity index is 1.41. The number of nitrogens with zero attached hydrogens (tertiary/aromatic N) is 1. The van der Waals surface area contributed by atoms with Crippen molar-refractivity contribution in [2.24, 2.45) is 5.92 Å². The zero-order valence-corrected chi connectivity index (χ0v) is 15.3. The van der Waals surface area contributed by atoms with Crippen molar-refractivity contribution < 1.29 is 4.79 Å². The monoisotopic (exact) mass is 348 g/mol. The molecule has 2 aliphatic rings. The molecule has 136 valence electrons. The number of piperidine rings is 1. The van der Waals surface area contributed by atoms with Gasteiger partial charge in [0.2, 0.25) is 5.91 Å². The number of amides is 1. The fraction of sp³-hybridized carbons (Fsp3) is 0.435. The molecule has 26 heavy (non-hydrogen) atoms. The maximum absolute atomic E-state index is 12.9. The molecule has 2 fully saturated rings. The van der Waals surface area contributed by atoms with Gasteiger partial charge in [0.05, 0.1) is 0 Å². The lowest BCUT2D eigenvalue weighted by atomic mass is 9.89. The van der Waals surface area contributed by atoms with E-state index in [1.165, 1.54) is 5.56 Å². The van der Waals surface area contributed by atoms with Crippen molar-refractivity contribution in [3.05, 3.63) is 71.8 Å². The number of carbonyl (C=O) groups excluding carboxylic acids is 1. The molecule has 1 amide bonds. The largest absolute Gasteiger partial charge is 0.352 e. The van der Waals surface area contributed by atoms with Gasteiger partial charge in [-0.15, -0.1) is 0 Å². The summed E-state index contributed by atoms with van der Waals surface area (Å²) >= 11 is 0. The molecule has 0 radical (unpaired) electrons. The Morgan fingerprint density at radius 1 is 0.923 bits per heavy atom. The molecule has 2 aromatic carbocycles. The van der Waals surface area contributed by atoms with Crippen LogP contribution in [-0.2, 0) is 11.2 Å². The second-order valence-corrected chi connectivity index (χ2v) is 7.77. The van der Waals surface area contributed by atoms with Crippen molar-refractivity contribution in [2.45, 2.75) is 44.2 Å². The molecular formula is C23H28N2O. The summed E-state index contributed by atoms with van der Waals surface area (Å²) in [4.78, 5) is 15.3. The minimum absolute atomic E-state index is 0.144. The van der Waals surface area contributed by atoms with Gasteiger partial charge in [0.15, 0.2) is 0 Å². The summed E-state index contributed by atoms with van der Waals surface area (Å²) < 4.78 is 0. The summed E-state index contributed by atoms with van der Waals surface area (Å²) in [7, 11) is 0. The van der Waals surface area contributed by atoms with E-state index in [4.69, 9.17) is 0 Å². The lowest BCUT2D eigenvalue weighted by Gasteiger charge is -2.37. The fourth-order valence-electron chi connectivity index (χ4n) is 4.03. The van der Waals surface area contributed by atoms with E-state index < -0.39 is 0 Å². The zero-order valence-electron chi connectivity index (χ0n) is 15.3. The lowest BCUT2D eigenvalue weighted by Crippen LogP contribution is -2.45. The third-order valence-corrected chi connectivity index (χ3v) is 5.67. The predicted octanol–water partition coefficient (Wildman–Crippen LogP) is 3.96. The first-order chi connectivity index (χ1) is 12.8. The van der Waals surface area contributed by atoms with Gasteiger partial charge in [0.25, 0.3) is 0 Å². The summed E-state index contributed by atoms with van der Waals surface area (Å²) in [6, 6.07) is 21.3. The van der Waals surface area contributed by atoms with Crippen LogP contribution in [0.1, 0.15) is 42.9 Å². The normalized spacial score (nSPS) is 19.8. The topological polar surface area (TPSA) is 32.3 Å². The van der Waals surface area contributed by atoms with Crippen LogP contribution in [0.4, 0.5) is 0 Å². The van der Waals surface area contributed by atoms with Crippen LogP contribution in [0.2, 0.25) is 0 Å². The average molecular weight is 348 g/mol. The molecule has 0 aromatic heterocycles. The molecule has 1 N–H and O–H groups in total. The molecule has 4 rings (SSSR count). The van der Waals surface area contributed by atoms with Crippen LogP contribution in [0.5, 0.6) is 0 Å². The average Bonchev–Trinajstić information content (AvgIpc) is 3.49. The number of likely N-dealkylation sites (tertiary alicyclic amines) is 1. The Hall–Kier alpha value is -2.13. The van der Waals surface area contributed by atoms with E-state index in [0.29, 0.717) is 6.04 Å². The van der Waals surface area contributed by atoms with Crippen LogP contribution in [0.3, 0.4) is 0 Å². The molecule has 2 aromatic rings. The maximum atomic E-state index is 12.9. The Kier molecular flexibility index (Phi) is 5.35. The van der Waals surface area contributed by atoms with E-state index in [1.807, 2.05) is 18.2 Å². The molecule has 1 atom stereocenters. The number of carbonyl (C=O) groups is 1. The molecule has 1 aliphatic carbocycles. The number of benzene rings is 2. The molecule has 0 unspecified atom stereocenters. The minimum atomic E-state index is -0.144. The first-order valence-corrected chi connectivity index (χ1v) is 9.93. The van der Waals surface area contributed by atoms with Gasteiger partial charge >= 0.3 is 0 Å². The van der Waals surface area contributed by atoms with E-state index >= 15 is 0 Å². The SMILES string of the molecule is O=C(NC1CC1)[C@H](c1ccccc1)N1CCC(Cc2ccccc2)CC1. The molecule has 1 saturated heterocycles. The van der Waals surface area contributed by atoms with Gasteiger partial charge in [-0.2, -0.15) is 0 Å². The third-order valence-electron chi connectivity index (χ3n) is 5.67. The van der Waals surface area contributed by atoms with Gasteiger partial charge in [-0.1, -0.05) is 60.7 Å². The summed E-state index contributed by atoms with van der Waals surface area (Å²) in [5.41, 5.74) is 2.55. The molecule has 0 bridgehead atoms. The van der Waals surface area contributed by atoms with E-state index in [1.54, 1.807) is 0 Å². The first-order valence-electron chi connectivity index (χ1n) is 9.93. The second-order valence-electron chi connectivity index (χ2n) is 7.77. The molecule has 1 aliphatic heterocycles. The van der Waals surface area contributed by atoms with Crippen LogP contribution in [0.15, 0.2) is 60.7 Å². The Morgan fingerprint density at radius 3 is 2.15 bits per heavy atom. The van der Waals surface area contributed by atoms with E-state index in [-0.39, 0.29) is 11.9 Å². The van der Waals surface area contributed by atoms with Crippen LogP contribution in [0, 0.1) is 5.92 Å². The Labute approximate surface area is 156 Å². The van der Waals surface area contributed by atoms with Crippen molar-refractivity contribution in [1.82, 2.24) is 10.2 Å². The quantitative estimate of drug-likeness (QED) is 0.857. The Morgan fingerprint density at radius 2 is 1.54 bits per heavy atom. The van der Waals surface area contributed by atoms with Crippen LogP contribution in [-0.4, -0.2) is 29.9 Å². The first kappa shape index (κ1) is 17.3.